The molecule has 0 aliphatic carbocycles. The van der Waals surface area contributed by atoms with Crippen molar-refractivity contribution in [2.24, 2.45) is 0 Å². The SMILES string of the molecule is O=C(CN(CC1CCCO1)C(=O)c1ccc(Br)cc1)N(Cc1ccccc1)Cc1cccs1. The van der Waals surface area contributed by atoms with Crippen LogP contribution in [0.3, 0.4) is 0 Å². The summed E-state index contributed by atoms with van der Waals surface area (Å²) in [5.41, 5.74) is 1.63. The zero-order chi connectivity index (χ0) is 23.0. The van der Waals surface area contributed by atoms with Crippen molar-refractivity contribution in [3.05, 3.63) is 92.6 Å². The topological polar surface area (TPSA) is 49.9 Å². The molecule has 7 heteroatoms. The lowest BCUT2D eigenvalue weighted by Crippen LogP contribution is -2.45. The molecule has 0 N–H and O–H groups in total. The molecule has 2 aromatic carbocycles. The first kappa shape index (κ1) is 23.7. The summed E-state index contributed by atoms with van der Waals surface area (Å²) >= 11 is 5.05. The third-order valence-corrected chi connectivity index (χ3v) is 7.04. The Hall–Kier alpha value is -2.48. The molecular weight excluding hydrogens is 500 g/mol. The highest BCUT2D eigenvalue weighted by atomic mass is 79.9. The van der Waals surface area contributed by atoms with Crippen molar-refractivity contribution in [3.63, 3.8) is 0 Å². The van der Waals surface area contributed by atoms with Gasteiger partial charge >= 0.3 is 0 Å². The Bertz CT molecular complexity index is 1040. The Morgan fingerprint density at radius 2 is 1.76 bits per heavy atom. The van der Waals surface area contributed by atoms with Crippen LogP contribution < -0.4 is 0 Å². The highest BCUT2D eigenvalue weighted by Gasteiger charge is 2.27. The second-order valence-electron chi connectivity index (χ2n) is 8.14. The Morgan fingerprint density at radius 1 is 0.970 bits per heavy atom. The molecule has 1 aliphatic heterocycles. The van der Waals surface area contributed by atoms with Crippen LogP contribution in [0.4, 0.5) is 0 Å². The summed E-state index contributed by atoms with van der Waals surface area (Å²) in [6.07, 6.45) is 1.86. The normalized spacial score (nSPS) is 15.4. The first-order valence-corrected chi connectivity index (χ1v) is 12.8. The number of thiophene rings is 1. The van der Waals surface area contributed by atoms with E-state index in [0.29, 0.717) is 31.8 Å². The lowest BCUT2D eigenvalue weighted by Gasteiger charge is -2.29. The lowest BCUT2D eigenvalue weighted by molar-refractivity contribution is -0.133. The van der Waals surface area contributed by atoms with Gasteiger partial charge in [-0.1, -0.05) is 52.3 Å². The first-order chi connectivity index (χ1) is 16.1. The number of rotatable bonds is 9. The quantitative estimate of drug-likeness (QED) is 0.377. The van der Waals surface area contributed by atoms with Crippen LogP contribution in [0, 0.1) is 0 Å². The van der Waals surface area contributed by atoms with E-state index in [1.165, 1.54) is 0 Å². The number of hydrogen-bond donors (Lipinski definition) is 0. The van der Waals surface area contributed by atoms with Gasteiger partial charge in [0.25, 0.3) is 5.91 Å². The molecule has 172 valence electrons. The molecular formula is C26H27BrN2O3S. The standard InChI is InChI=1S/C26H27BrN2O3S/c27-22-12-10-21(11-13-22)26(31)29(17-23-8-4-14-32-23)19-25(30)28(18-24-9-5-15-33-24)16-20-6-2-1-3-7-20/h1-3,5-7,9-13,15,23H,4,8,14,16-19H2. The van der Waals surface area contributed by atoms with Crippen LogP contribution in [0.5, 0.6) is 0 Å². The third kappa shape index (κ3) is 6.76. The zero-order valence-corrected chi connectivity index (χ0v) is 20.8. The maximum atomic E-state index is 13.5. The van der Waals surface area contributed by atoms with Gasteiger partial charge < -0.3 is 14.5 Å². The number of halogens is 1. The Labute approximate surface area is 207 Å². The van der Waals surface area contributed by atoms with Crippen LogP contribution in [-0.2, 0) is 22.6 Å². The van der Waals surface area contributed by atoms with Gasteiger partial charge in [0.1, 0.15) is 6.54 Å². The number of ether oxygens (including phenoxy) is 1. The van der Waals surface area contributed by atoms with Crippen molar-refractivity contribution in [2.45, 2.75) is 32.0 Å². The molecule has 33 heavy (non-hydrogen) atoms. The summed E-state index contributed by atoms with van der Waals surface area (Å²) < 4.78 is 6.70. The third-order valence-electron chi connectivity index (χ3n) is 5.65. The van der Waals surface area contributed by atoms with Gasteiger partial charge in [-0.2, -0.15) is 0 Å². The van der Waals surface area contributed by atoms with Gasteiger partial charge in [0.05, 0.1) is 12.6 Å². The maximum Gasteiger partial charge on any atom is 0.254 e. The van der Waals surface area contributed by atoms with Crippen LogP contribution in [-0.4, -0.2) is 47.4 Å². The molecule has 4 rings (SSSR count). The zero-order valence-electron chi connectivity index (χ0n) is 18.4. The van der Waals surface area contributed by atoms with Gasteiger partial charge in [-0.25, -0.2) is 0 Å². The van der Waals surface area contributed by atoms with Crippen molar-refractivity contribution in [1.29, 1.82) is 0 Å². The molecule has 1 fully saturated rings. The highest BCUT2D eigenvalue weighted by Crippen LogP contribution is 2.19. The fraction of sp³-hybridized carbons (Fsp3) is 0.308. The number of benzene rings is 2. The second-order valence-corrected chi connectivity index (χ2v) is 10.1. The summed E-state index contributed by atoms with van der Waals surface area (Å²) in [6.45, 7) is 2.16. The van der Waals surface area contributed by atoms with E-state index in [1.54, 1.807) is 28.4 Å². The second kappa shape index (κ2) is 11.6. The van der Waals surface area contributed by atoms with Crippen LogP contribution in [0.15, 0.2) is 76.6 Å². The number of carbonyl (C=O) groups is 2. The largest absolute Gasteiger partial charge is 0.376 e. The highest BCUT2D eigenvalue weighted by molar-refractivity contribution is 9.10. The molecule has 1 aliphatic rings. The monoisotopic (exact) mass is 526 g/mol. The van der Waals surface area contributed by atoms with Gasteiger partial charge in [-0.3, -0.25) is 9.59 Å². The summed E-state index contributed by atoms with van der Waals surface area (Å²) in [4.78, 5) is 31.5. The van der Waals surface area contributed by atoms with Crippen molar-refractivity contribution in [3.8, 4) is 0 Å². The predicted molar refractivity (Wildman–Crippen MR) is 134 cm³/mol. The molecule has 1 atom stereocenters. The lowest BCUT2D eigenvalue weighted by atomic mass is 10.1. The summed E-state index contributed by atoms with van der Waals surface area (Å²) in [5.74, 6) is -0.224. The van der Waals surface area contributed by atoms with Crippen molar-refractivity contribution < 1.29 is 14.3 Å². The molecule has 0 spiro atoms. The predicted octanol–water partition coefficient (Wildman–Crippen LogP) is 5.36. The molecule has 1 saturated heterocycles. The summed E-state index contributed by atoms with van der Waals surface area (Å²) in [7, 11) is 0. The average molecular weight is 527 g/mol. The van der Waals surface area contributed by atoms with E-state index in [-0.39, 0.29) is 24.5 Å². The maximum absolute atomic E-state index is 13.5. The van der Waals surface area contributed by atoms with E-state index >= 15 is 0 Å². The fourth-order valence-corrected chi connectivity index (χ4v) is 4.90. The molecule has 2 heterocycles. The van der Waals surface area contributed by atoms with Crippen LogP contribution >= 0.6 is 27.3 Å². The van der Waals surface area contributed by atoms with Crippen molar-refractivity contribution in [2.75, 3.05) is 19.7 Å². The van der Waals surface area contributed by atoms with E-state index in [4.69, 9.17) is 4.74 Å². The number of carbonyl (C=O) groups excluding carboxylic acids is 2. The number of amides is 2. The van der Waals surface area contributed by atoms with Crippen LogP contribution in [0.1, 0.15) is 33.6 Å². The Kier molecular flexibility index (Phi) is 8.31. The van der Waals surface area contributed by atoms with E-state index in [0.717, 1.165) is 27.8 Å². The molecule has 0 bridgehead atoms. The molecule has 1 unspecified atom stereocenters. The van der Waals surface area contributed by atoms with Crippen LogP contribution in [0.2, 0.25) is 0 Å². The number of hydrogen-bond acceptors (Lipinski definition) is 4. The minimum atomic E-state index is -0.151. The van der Waals surface area contributed by atoms with Gasteiger partial charge in [-0.15, -0.1) is 11.3 Å². The van der Waals surface area contributed by atoms with E-state index in [1.807, 2.05) is 64.9 Å². The first-order valence-electron chi connectivity index (χ1n) is 11.1. The molecule has 0 saturated carbocycles. The van der Waals surface area contributed by atoms with E-state index in [9.17, 15) is 9.59 Å². The van der Waals surface area contributed by atoms with Gasteiger partial charge in [0, 0.05) is 34.6 Å². The Balaban J connectivity index is 1.53. The smallest absolute Gasteiger partial charge is 0.254 e. The average Bonchev–Trinajstić information content (AvgIpc) is 3.53. The fourth-order valence-electron chi connectivity index (χ4n) is 3.92. The Morgan fingerprint density at radius 3 is 2.42 bits per heavy atom. The summed E-state index contributed by atoms with van der Waals surface area (Å²) in [6, 6.07) is 21.2. The van der Waals surface area contributed by atoms with E-state index in [2.05, 4.69) is 15.9 Å². The minimum absolute atomic E-state index is 0.0208. The van der Waals surface area contributed by atoms with Crippen molar-refractivity contribution in [1.82, 2.24) is 9.80 Å². The molecule has 2 amide bonds. The van der Waals surface area contributed by atoms with Crippen LogP contribution in [0.25, 0.3) is 0 Å². The molecule has 0 radical (unpaired) electrons. The van der Waals surface area contributed by atoms with E-state index < -0.39 is 0 Å². The van der Waals surface area contributed by atoms with Gasteiger partial charge in [-0.05, 0) is 54.1 Å². The van der Waals surface area contributed by atoms with Crippen molar-refractivity contribution >= 4 is 39.1 Å². The van der Waals surface area contributed by atoms with Gasteiger partial charge in [0.2, 0.25) is 5.91 Å². The minimum Gasteiger partial charge on any atom is -0.376 e. The summed E-state index contributed by atoms with van der Waals surface area (Å²) in [5, 5.41) is 2.02. The van der Waals surface area contributed by atoms with Gasteiger partial charge in [0.15, 0.2) is 0 Å². The molecule has 1 aromatic heterocycles. The molecule has 5 nitrogen and oxygen atoms in total. The molecule has 3 aromatic rings. The number of nitrogens with zero attached hydrogens (tertiary/aromatic N) is 2.